The summed E-state index contributed by atoms with van der Waals surface area (Å²) < 4.78 is 0. The fraction of sp³-hybridized carbons (Fsp3) is 0.867. The second-order valence-electron chi connectivity index (χ2n) is 6.03. The summed E-state index contributed by atoms with van der Waals surface area (Å²) in [5.41, 5.74) is 0. The number of aliphatic hydroxyl groups excluding tert-OH is 1. The van der Waals surface area contributed by atoms with Gasteiger partial charge in [-0.05, 0) is 49.5 Å². The van der Waals surface area contributed by atoms with E-state index in [0.717, 1.165) is 24.7 Å². The molecule has 0 saturated carbocycles. The predicted molar refractivity (Wildman–Crippen MR) is 70.5 cm³/mol. The highest BCUT2D eigenvalue weighted by atomic mass is 16.3. The van der Waals surface area contributed by atoms with Gasteiger partial charge >= 0.3 is 0 Å². The molecule has 0 aromatic carbocycles. The van der Waals surface area contributed by atoms with E-state index in [1.165, 1.54) is 19.3 Å². The molecule has 0 spiro atoms. The topological polar surface area (TPSA) is 20.2 Å². The molecule has 1 N–H and O–H groups in total. The van der Waals surface area contributed by atoms with E-state index in [9.17, 15) is 5.11 Å². The van der Waals surface area contributed by atoms with Gasteiger partial charge in [0.25, 0.3) is 0 Å². The van der Waals surface area contributed by atoms with Gasteiger partial charge in [0.1, 0.15) is 0 Å². The third-order valence-electron chi connectivity index (χ3n) is 4.18. The molecule has 94 valence electrons. The summed E-state index contributed by atoms with van der Waals surface area (Å²) in [7, 11) is 0. The van der Waals surface area contributed by atoms with Crippen LogP contribution in [0.1, 0.15) is 59.8 Å². The lowest BCUT2D eigenvalue weighted by Gasteiger charge is -2.25. The summed E-state index contributed by atoms with van der Waals surface area (Å²) in [6, 6.07) is 0. The van der Waals surface area contributed by atoms with Crippen LogP contribution in [0.2, 0.25) is 0 Å². The maximum atomic E-state index is 9.90. The Bertz CT molecular complexity index is 230. The molecule has 0 aliphatic heterocycles. The maximum absolute atomic E-state index is 9.90. The van der Waals surface area contributed by atoms with Crippen molar-refractivity contribution in [1.82, 2.24) is 0 Å². The van der Waals surface area contributed by atoms with E-state index in [2.05, 4.69) is 27.7 Å². The number of rotatable bonds is 1. The summed E-state index contributed by atoms with van der Waals surface area (Å²) in [4.78, 5) is 0. The van der Waals surface area contributed by atoms with Gasteiger partial charge in [-0.15, -0.1) is 0 Å². The predicted octanol–water partition coefficient (Wildman–Crippen LogP) is 4.94. The van der Waals surface area contributed by atoms with E-state index < -0.39 is 0 Å². The van der Waals surface area contributed by atoms with Crippen molar-refractivity contribution in [3.8, 4) is 0 Å². The number of hydrogen-bond donors (Lipinski definition) is 1. The number of aliphatic hydroxyl groups is 1. The monoisotopic (exact) mass is 224 g/mol. The Kier molecular flexibility index (Phi) is 5.37. The number of allylic oxidation sites excluding steroid dienone is 2. The van der Waals surface area contributed by atoms with Crippen LogP contribution in [0.4, 0.5) is 0 Å². The quantitative estimate of drug-likeness (QED) is 0.669. The standard InChI is InChI=1S/C15H28O/c1-11(2)14-8-5-12(3)6-10-15(16)13(4)7-9-14/h10-14,16H,5-9H2,1-4H3/b15-10+/t12-,13-,14+/m1/s1. The maximum Gasteiger partial charge on any atom is 0.0911 e. The van der Waals surface area contributed by atoms with Crippen molar-refractivity contribution in [3.63, 3.8) is 0 Å². The molecule has 1 heteroatoms. The fourth-order valence-electron chi connectivity index (χ4n) is 2.56. The SMILES string of the molecule is CC(C)[C@H]1CC[C@@H](C)C/C=C(/O)[C@H](C)CC1. The molecule has 3 atom stereocenters. The van der Waals surface area contributed by atoms with E-state index in [4.69, 9.17) is 0 Å². The largest absolute Gasteiger partial charge is 0.512 e. The van der Waals surface area contributed by atoms with Crippen LogP contribution in [0.5, 0.6) is 0 Å². The highest BCUT2D eigenvalue weighted by Gasteiger charge is 2.18. The van der Waals surface area contributed by atoms with Crippen molar-refractivity contribution in [2.45, 2.75) is 59.8 Å². The molecule has 0 heterocycles. The van der Waals surface area contributed by atoms with Crippen LogP contribution in [0.15, 0.2) is 11.8 Å². The highest BCUT2D eigenvalue weighted by molar-refractivity contribution is 4.96. The lowest BCUT2D eigenvalue weighted by molar-refractivity contribution is 0.258. The first-order chi connectivity index (χ1) is 7.50. The van der Waals surface area contributed by atoms with E-state index in [1.54, 1.807) is 0 Å². The summed E-state index contributed by atoms with van der Waals surface area (Å²) in [6.45, 7) is 9.12. The molecule has 1 nitrogen and oxygen atoms in total. The molecule has 0 radical (unpaired) electrons. The van der Waals surface area contributed by atoms with E-state index in [0.29, 0.717) is 17.6 Å². The molecule has 0 saturated heterocycles. The molecule has 0 bridgehead atoms. The minimum Gasteiger partial charge on any atom is -0.512 e. The van der Waals surface area contributed by atoms with Crippen molar-refractivity contribution in [3.05, 3.63) is 11.8 Å². The van der Waals surface area contributed by atoms with Crippen molar-refractivity contribution < 1.29 is 5.11 Å². The first-order valence-corrected chi connectivity index (χ1v) is 6.89. The second-order valence-corrected chi connectivity index (χ2v) is 6.03. The van der Waals surface area contributed by atoms with E-state index in [1.807, 2.05) is 6.08 Å². The van der Waals surface area contributed by atoms with Crippen LogP contribution in [-0.4, -0.2) is 5.11 Å². The average molecular weight is 224 g/mol. The highest BCUT2D eigenvalue weighted by Crippen LogP contribution is 2.30. The Hall–Kier alpha value is -0.460. The minimum absolute atomic E-state index is 0.353. The zero-order valence-electron chi connectivity index (χ0n) is 11.4. The first kappa shape index (κ1) is 13.6. The van der Waals surface area contributed by atoms with Gasteiger partial charge in [-0.2, -0.15) is 0 Å². The van der Waals surface area contributed by atoms with Crippen molar-refractivity contribution in [2.24, 2.45) is 23.7 Å². The fourth-order valence-corrected chi connectivity index (χ4v) is 2.56. The van der Waals surface area contributed by atoms with Gasteiger partial charge in [-0.1, -0.05) is 34.1 Å². The van der Waals surface area contributed by atoms with Gasteiger partial charge in [-0.25, -0.2) is 0 Å². The van der Waals surface area contributed by atoms with Crippen molar-refractivity contribution in [2.75, 3.05) is 0 Å². The average Bonchev–Trinajstić information content (AvgIpc) is 2.23. The van der Waals surface area contributed by atoms with Crippen LogP contribution >= 0.6 is 0 Å². The molecule has 0 unspecified atom stereocenters. The summed E-state index contributed by atoms with van der Waals surface area (Å²) in [5, 5.41) is 9.90. The summed E-state index contributed by atoms with van der Waals surface area (Å²) in [6.07, 6.45) is 8.16. The van der Waals surface area contributed by atoms with E-state index in [-0.39, 0.29) is 0 Å². The number of hydrogen-bond acceptors (Lipinski definition) is 1. The molecule has 1 aliphatic carbocycles. The van der Waals surface area contributed by atoms with Crippen LogP contribution in [0.3, 0.4) is 0 Å². The van der Waals surface area contributed by atoms with Crippen molar-refractivity contribution in [1.29, 1.82) is 0 Å². The Labute approximate surface area is 101 Å². The van der Waals surface area contributed by atoms with Gasteiger partial charge in [0.2, 0.25) is 0 Å². The van der Waals surface area contributed by atoms with Gasteiger partial charge in [-0.3, -0.25) is 0 Å². The third kappa shape index (κ3) is 4.19. The Balaban J connectivity index is 2.65. The molecule has 1 rings (SSSR count). The molecular weight excluding hydrogens is 196 g/mol. The normalized spacial score (nSPS) is 36.8. The molecule has 1 aliphatic rings. The van der Waals surface area contributed by atoms with Gasteiger partial charge in [0.05, 0.1) is 5.76 Å². The van der Waals surface area contributed by atoms with E-state index >= 15 is 0 Å². The Morgan fingerprint density at radius 1 is 1.12 bits per heavy atom. The zero-order chi connectivity index (χ0) is 12.1. The third-order valence-corrected chi connectivity index (χ3v) is 4.18. The van der Waals surface area contributed by atoms with Crippen LogP contribution < -0.4 is 0 Å². The van der Waals surface area contributed by atoms with Crippen LogP contribution in [0.25, 0.3) is 0 Å². The van der Waals surface area contributed by atoms with Gasteiger partial charge < -0.3 is 5.11 Å². The van der Waals surface area contributed by atoms with Gasteiger partial charge in [0.15, 0.2) is 0 Å². The molecule has 16 heavy (non-hydrogen) atoms. The smallest absolute Gasteiger partial charge is 0.0911 e. The second kappa shape index (κ2) is 6.32. The Morgan fingerprint density at radius 2 is 1.75 bits per heavy atom. The molecule has 0 aromatic heterocycles. The molecule has 0 amide bonds. The first-order valence-electron chi connectivity index (χ1n) is 6.89. The molecular formula is C15H28O. The molecule has 0 fully saturated rings. The summed E-state index contributed by atoms with van der Waals surface area (Å²) in [5.74, 6) is 3.32. The molecule has 0 aromatic rings. The van der Waals surface area contributed by atoms with Crippen LogP contribution in [0, 0.1) is 23.7 Å². The zero-order valence-corrected chi connectivity index (χ0v) is 11.4. The Morgan fingerprint density at radius 3 is 2.38 bits per heavy atom. The summed E-state index contributed by atoms with van der Waals surface area (Å²) >= 11 is 0. The van der Waals surface area contributed by atoms with Crippen LogP contribution in [-0.2, 0) is 0 Å². The minimum atomic E-state index is 0.353. The van der Waals surface area contributed by atoms with Crippen molar-refractivity contribution >= 4 is 0 Å². The van der Waals surface area contributed by atoms with Gasteiger partial charge in [0, 0.05) is 5.92 Å². The lowest BCUT2D eigenvalue weighted by Crippen LogP contribution is -2.14. The lowest BCUT2D eigenvalue weighted by atomic mass is 9.81.